The van der Waals surface area contributed by atoms with Gasteiger partial charge in [0.1, 0.15) is 6.54 Å². The molecule has 0 fully saturated rings. The van der Waals surface area contributed by atoms with Gasteiger partial charge in [-0.25, -0.2) is 13.8 Å². The second kappa shape index (κ2) is 10.3. The minimum absolute atomic E-state index is 0.378. The van der Waals surface area contributed by atoms with Crippen molar-refractivity contribution in [1.29, 1.82) is 0 Å². The van der Waals surface area contributed by atoms with Gasteiger partial charge in [-0.15, -0.1) is 0 Å². The van der Waals surface area contributed by atoms with E-state index in [2.05, 4.69) is 26.5 Å². The first-order valence-electron chi connectivity index (χ1n) is 9.67. The van der Waals surface area contributed by atoms with Crippen LogP contribution in [0.15, 0.2) is 58.1 Å². The Kier molecular flexibility index (Phi) is 7.89. The number of sulfonamides is 1. The summed E-state index contributed by atoms with van der Waals surface area (Å²) in [6.45, 7) is 3.42. The topological polar surface area (TPSA) is 83.8 Å². The fourth-order valence-electron chi connectivity index (χ4n) is 3.30. The van der Waals surface area contributed by atoms with Gasteiger partial charge in [-0.1, -0.05) is 39.1 Å². The van der Waals surface area contributed by atoms with Gasteiger partial charge in [0.15, 0.2) is 0 Å². The molecule has 1 N–H and O–H groups in total. The average molecular weight is 572 g/mol. The summed E-state index contributed by atoms with van der Waals surface area (Å²) in [5.74, 6) is -0.575. The maximum Gasteiger partial charge on any atom is 0.260 e. The smallest absolute Gasteiger partial charge is 0.260 e. The Morgan fingerprint density at radius 1 is 1.15 bits per heavy atom. The molecular weight excluding hydrogens is 551 g/mol. The highest BCUT2D eigenvalue weighted by Gasteiger charge is 2.20. The molecule has 33 heavy (non-hydrogen) atoms. The molecule has 1 amide bonds. The fourth-order valence-corrected chi connectivity index (χ4v) is 4.91. The molecule has 11 heteroatoms. The molecule has 0 saturated carbocycles. The second-order valence-corrected chi connectivity index (χ2v) is 11.0. The summed E-state index contributed by atoms with van der Waals surface area (Å²) in [7, 11) is -3.67. The maximum absolute atomic E-state index is 12.4. The van der Waals surface area contributed by atoms with E-state index in [1.54, 1.807) is 36.4 Å². The summed E-state index contributed by atoms with van der Waals surface area (Å²) in [5.41, 5.74) is 6.10. The van der Waals surface area contributed by atoms with Crippen LogP contribution < -0.4 is 9.73 Å². The number of carbonyl (C=O) groups excluding carboxylic acids is 1. The predicted octanol–water partition coefficient (Wildman–Crippen LogP) is 5.08. The largest absolute Gasteiger partial charge is 0.316 e. The Labute approximate surface area is 211 Å². The molecule has 1 aromatic heterocycles. The van der Waals surface area contributed by atoms with Crippen molar-refractivity contribution in [2.45, 2.75) is 13.8 Å². The standard InChI is InChI=1S/C22H21BrCl2N4O3S/c1-14-10-16(15(2)29(14)21-9-6-18(24)11-20(21)25)12-26-27-22(30)13-28(33(3,31)32)19-7-4-17(23)5-8-19/h4-12H,13H2,1-3H3,(H,27,30)/b26-12-. The van der Waals surface area contributed by atoms with Crippen LogP contribution in [-0.2, 0) is 14.8 Å². The number of carbonyl (C=O) groups is 1. The summed E-state index contributed by atoms with van der Waals surface area (Å²) in [4.78, 5) is 12.4. The van der Waals surface area contributed by atoms with Gasteiger partial charge in [0.05, 0.1) is 28.9 Å². The third-order valence-electron chi connectivity index (χ3n) is 4.82. The van der Waals surface area contributed by atoms with E-state index in [9.17, 15) is 13.2 Å². The van der Waals surface area contributed by atoms with E-state index in [0.717, 1.165) is 37.7 Å². The van der Waals surface area contributed by atoms with Gasteiger partial charge < -0.3 is 4.57 Å². The van der Waals surface area contributed by atoms with E-state index in [0.29, 0.717) is 15.7 Å². The fraction of sp³-hybridized carbons (Fsp3) is 0.182. The van der Waals surface area contributed by atoms with Gasteiger partial charge in [-0.3, -0.25) is 9.10 Å². The molecule has 0 saturated heterocycles. The number of rotatable bonds is 7. The van der Waals surface area contributed by atoms with Gasteiger partial charge in [0.25, 0.3) is 5.91 Å². The zero-order valence-electron chi connectivity index (χ0n) is 18.0. The number of hydrazone groups is 1. The highest BCUT2D eigenvalue weighted by molar-refractivity contribution is 9.10. The Morgan fingerprint density at radius 3 is 2.42 bits per heavy atom. The number of hydrogen-bond acceptors (Lipinski definition) is 4. The van der Waals surface area contributed by atoms with Crippen LogP contribution in [0.2, 0.25) is 10.0 Å². The third kappa shape index (κ3) is 6.17. The monoisotopic (exact) mass is 570 g/mol. The lowest BCUT2D eigenvalue weighted by Gasteiger charge is -2.21. The van der Waals surface area contributed by atoms with Crippen molar-refractivity contribution < 1.29 is 13.2 Å². The highest BCUT2D eigenvalue weighted by atomic mass is 79.9. The average Bonchev–Trinajstić information content (AvgIpc) is 3.00. The lowest BCUT2D eigenvalue weighted by molar-refractivity contribution is -0.119. The molecule has 0 radical (unpaired) electrons. The lowest BCUT2D eigenvalue weighted by atomic mass is 10.2. The molecule has 0 aliphatic carbocycles. The Hall–Kier alpha value is -2.33. The van der Waals surface area contributed by atoms with E-state index in [1.807, 2.05) is 30.5 Å². The molecule has 2 aromatic carbocycles. The normalized spacial score (nSPS) is 11.7. The number of hydrogen-bond donors (Lipinski definition) is 1. The molecule has 0 unspecified atom stereocenters. The Morgan fingerprint density at radius 2 is 1.82 bits per heavy atom. The molecule has 0 aliphatic heterocycles. The molecule has 3 aromatic rings. The lowest BCUT2D eigenvalue weighted by Crippen LogP contribution is -2.39. The van der Waals surface area contributed by atoms with Crippen molar-refractivity contribution in [2.24, 2.45) is 5.10 Å². The van der Waals surface area contributed by atoms with Crippen LogP contribution in [0, 0.1) is 13.8 Å². The molecule has 174 valence electrons. The van der Waals surface area contributed by atoms with Crippen LogP contribution in [0.5, 0.6) is 0 Å². The first-order chi connectivity index (χ1) is 15.5. The van der Waals surface area contributed by atoms with Crippen LogP contribution in [0.3, 0.4) is 0 Å². The minimum Gasteiger partial charge on any atom is -0.316 e. The Balaban J connectivity index is 1.75. The Bertz CT molecular complexity index is 1320. The first-order valence-corrected chi connectivity index (χ1v) is 13.1. The molecule has 0 bridgehead atoms. The first kappa shape index (κ1) is 25.3. The van der Waals surface area contributed by atoms with Gasteiger partial charge >= 0.3 is 0 Å². The summed E-state index contributed by atoms with van der Waals surface area (Å²) >= 11 is 15.7. The van der Waals surface area contributed by atoms with Crippen molar-refractivity contribution in [3.63, 3.8) is 0 Å². The number of amides is 1. The van der Waals surface area contributed by atoms with Gasteiger partial charge in [0.2, 0.25) is 10.0 Å². The number of aryl methyl sites for hydroxylation is 1. The SMILES string of the molecule is Cc1cc(/C=N\NC(=O)CN(c2ccc(Br)cc2)S(C)(=O)=O)c(C)n1-c1ccc(Cl)cc1Cl. The van der Waals surface area contributed by atoms with E-state index < -0.39 is 22.5 Å². The van der Waals surface area contributed by atoms with Crippen molar-refractivity contribution >= 4 is 67.0 Å². The van der Waals surface area contributed by atoms with E-state index in [-0.39, 0.29) is 0 Å². The van der Waals surface area contributed by atoms with E-state index in [4.69, 9.17) is 23.2 Å². The zero-order chi connectivity index (χ0) is 24.3. The number of nitrogens with one attached hydrogen (secondary N) is 1. The van der Waals surface area contributed by atoms with Gasteiger partial charge in [0, 0.05) is 26.4 Å². The molecule has 0 spiro atoms. The number of halogens is 3. The second-order valence-electron chi connectivity index (χ2n) is 7.30. The number of benzene rings is 2. The summed E-state index contributed by atoms with van der Waals surface area (Å²) < 4.78 is 28.1. The number of aromatic nitrogens is 1. The van der Waals surface area contributed by atoms with Crippen LogP contribution in [0.25, 0.3) is 5.69 Å². The summed E-state index contributed by atoms with van der Waals surface area (Å²) in [6, 6.07) is 13.8. The van der Waals surface area contributed by atoms with E-state index >= 15 is 0 Å². The summed E-state index contributed by atoms with van der Waals surface area (Å²) in [6.07, 6.45) is 2.55. The van der Waals surface area contributed by atoms with Crippen LogP contribution in [0.1, 0.15) is 17.0 Å². The number of anilines is 1. The molecule has 7 nitrogen and oxygen atoms in total. The maximum atomic E-state index is 12.4. The van der Waals surface area contributed by atoms with Crippen molar-refractivity contribution in [2.75, 3.05) is 17.1 Å². The van der Waals surface area contributed by atoms with Crippen LogP contribution >= 0.6 is 39.1 Å². The van der Waals surface area contributed by atoms with Gasteiger partial charge in [-0.2, -0.15) is 5.10 Å². The van der Waals surface area contributed by atoms with Crippen LogP contribution in [0.4, 0.5) is 5.69 Å². The van der Waals surface area contributed by atoms with Gasteiger partial charge in [-0.05, 0) is 62.4 Å². The molecule has 0 aliphatic rings. The van der Waals surface area contributed by atoms with Crippen molar-refractivity contribution in [1.82, 2.24) is 9.99 Å². The third-order valence-corrected chi connectivity index (χ3v) is 7.02. The van der Waals surface area contributed by atoms with E-state index in [1.165, 1.54) is 6.21 Å². The quantitative estimate of drug-likeness (QED) is 0.317. The predicted molar refractivity (Wildman–Crippen MR) is 137 cm³/mol. The molecule has 0 atom stereocenters. The van der Waals surface area contributed by atoms with Crippen molar-refractivity contribution in [3.05, 3.63) is 80.0 Å². The highest BCUT2D eigenvalue weighted by Crippen LogP contribution is 2.28. The van der Waals surface area contributed by atoms with Crippen molar-refractivity contribution in [3.8, 4) is 5.69 Å². The molecule has 3 rings (SSSR count). The summed E-state index contributed by atoms with van der Waals surface area (Å²) in [5, 5.41) is 5.06. The minimum atomic E-state index is -3.67. The molecular formula is C22H21BrCl2N4O3S. The molecule has 1 heterocycles. The number of nitrogens with zero attached hydrogens (tertiary/aromatic N) is 3. The zero-order valence-corrected chi connectivity index (χ0v) is 21.9. The van der Waals surface area contributed by atoms with Crippen LogP contribution in [-0.4, -0.2) is 37.9 Å².